The Bertz CT molecular complexity index is 319. The van der Waals surface area contributed by atoms with E-state index in [0.29, 0.717) is 11.9 Å². The standard InChI is InChI=1S/C9H15N5/c1-13(2)7-4-14(5-7)9-3-8(10)11-6-12-9/h3,6-7H,4-5H2,1-2H3,(H2,10,11,12). The van der Waals surface area contributed by atoms with Crippen molar-refractivity contribution in [2.75, 3.05) is 37.8 Å². The molecule has 0 aliphatic carbocycles. The third kappa shape index (κ3) is 1.63. The highest BCUT2D eigenvalue weighted by Gasteiger charge is 2.29. The highest BCUT2D eigenvalue weighted by molar-refractivity contribution is 5.48. The molecule has 0 radical (unpaired) electrons. The van der Waals surface area contributed by atoms with E-state index in [1.807, 2.05) is 6.07 Å². The molecule has 5 nitrogen and oxygen atoms in total. The maximum Gasteiger partial charge on any atom is 0.134 e. The first-order valence-electron chi connectivity index (χ1n) is 4.65. The van der Waals surface area contributed by atoms with Crippen molar-refractivity contribution in [3.63, 3.8) is 0 Å². The van der Waals surface area contributed by atoms with Gasteiger partial charge >= 0.3 is 0 Å². The van der Waals surface area contributed by atoms with Gasteiger partial charge in [0.1, 0.15) is 18.0 Å². The number of nitrogen functional groups attached to an aromatic ring is 1. The number of nitrogens with two attached hydrogens (primary N) is 1. The average Bonchev–Trinajstić information content (AvgIpc) is 2.00. The van der Waals surface area contributed by atoms with Crippen molar-refractivity contribution in [1.82, 2.24) is 14.9 Å². The van der Waals surface area contributed by atoms with Crippen molar-refractivity contribution in [2.24, 2.45) is 0 Å². The van der Waals surface area contributed by atoms with Gasteiger partial charge in [-0.05, 0) is 14.1 Å². The van der Waals surface area contributed by atoms with E-state index in [2.05, 4.69) is 33.9 Å². The van der Waals surface area contributed by atoms with Gasteiger partial charge in [0.15, 0.2) is 0 Å². The molecule has 1 aromatic rings. The number of hydrogen-bond donors (Lipinski definition) is 1. The summed E-state index contributed by atoms with van der Waals surface area (Å²) in [5.41, 5.74) is 5.58. The van der Waals surface area contributed by atoms with Gasteiger partial charge in [0, 0.05) is 25.2 Å². The Labute approximate surface area is 83.5 Å². The van der Waals surface area contributed by atoms with E-state index in [9.17, 15) is 0 Å². The second-order valence-electron chi connectivity index (χ2n) is 3.82. The van der Waals surface area contributed by atoms with Crippen LogP contribution >= 0.6 is 0 Å². The lowest BCUT2D eigenvalue weighted by atomic mass is 10.1. The number of aromatic nitrogens is 2. The Kier molecular flexibility index (Phi) is 2.25. The first-order valence-corrected chi connectivity index (χ1v) is 4.65. The number of anilines is 2. The Morgan fingerprint density at radius 1 is 1.43 bits per heavy atom. The molecule has 2 heterocycles. The Hall–Kier alpha value is -1.36. The van der Waals surface area contributed by atoms with E-state index in [1.165, 1.54) is 6.33 Å². The van der Waals surface area contributed by atoms with Crippen molar-refractivity contribution in [3.05, 3.63) is 12.4 Å². The average molecular weight is 193 g/mol. The van der Waals surface area contributed by atoms with Gasteiger partial charge in [-0.2, -0.15) is 0 Å². The van der Waals surface area contributed by atoms with E-state index in [0.717, 1.165) is 18.9 Å². The van der Waals surface area contributed by atoms with Gasteiger partial charge in [-0.3, -0.25) is 0 Å². The second-order valence-corrected chi connectivity index (χ2v) is 3.82. The number of hydrogen-bond acceptors (Lipinski definition) is 5. The smallest absolute Gasteiger partial charge is 0.134 e. The fourth-order valence-electron chi connectivity index (χ4n) is 1.50. The SMILES string of the molecule is CN(C)C1CN(c2cc(N)ncn2)C1. The fraction of sp³-hybridized carbons (Fsp3) is 0.556. The predicted octanol–water partition coefficient (Wildman–Crippen LogP) is -0.191. The van der Waals surface area contributed by atoms with Crippen LogP contribution in [0.1, 0.15) is 0 Å². The summed E-state index contributed by atoms with van der Waals surface area (Å²) in [7, 11) is 4.19. The van der Waals surface area contributed by atoms with Gasteiger partial charge < -0.3 is 15.5 Å². The Morgan fingerprint density at radius 2 is 2.14 bits per heavy atom. The molecular weight excluding hydrogens is 178 g/mol. The summed E-state index contributed by atoms with van der Waals surface area (Å²) in [6.45, 7) is 2.03. The largest absolute Gasteiger partial charge is 0.384 e. The van der Waals surface area contributed by atoms with Gasteiger partial charge in [-0.25, -0.2) is 9.97 Å². The van der Waals surface area contributed by atoms with Gasteiger partial charge in [0.25, 0.3) is 0 Å². The zero-order valence-electron chi connectivity index (χ0n) is 8.51. The minimum atomic E-state index is 0.531. The molecule has 0 bridgehead atoms. The third-order valence-electron chi connectivity index (χ3n) is 2.59. The molecule has 1 saturated heterocycles. The quantitative estimate of drug-likeness (QED) is 0.705. The minimum absolute atomic E-state index is 0.531. The highest BCUT2D eigenvalue weighted by Crippen LogP contribution is 2.20. The maximum absolute atomic E-state index is 5.58. The van der Waals surface area contributed by atoms with Crippen molar-refractivity contribution >= 4 is 11.6 Å². The van der Waals surface area contributed by atoms with Crippen LogP contribution in [0, 0.1) is 0 Å². The van der Waals surface area contributed by atoms with E-state index >= 15 is 0 Å². The van der Waals surface area contributed by atoms with E-state index in [4.69, 9.17) is 5.73 Å². The van der Waals surface area contributed by atoms with Gasteiger partial charge in [0.05, 0.1) is 0 Å². The van der Waals surface area contributed by atoms with E-state index < -0.39 is 0 Å². The molecule has 0 aromatic carbocycles. The zero-order valence-corrected chi connectivity index (χ0v) is 8.51. The van der Waals surface area contributed by atoms with Crippen LogP contribution in [0.2, 0.25) is 0 Å². The molecule has 2 rings (SSSR count). The summed E-state index contributed by atoms with van der Waals surface area (Å²) >= 11 is 0. The molecule has 0 unspecified atom stereocenters. The molecule has 14 heavy (non-hydrogen) atoms. The third-order valence-corrected chi connectivity index (χ3v) is 2.59. The van der Waals surface area contributed by atoms with Crippen molar-refractivity contribution in [3.8, 4) is 0 Å². The summed E-state index contributed by atoms with van der Waals surface area (Å²) in [6.07, 6.45) is 1.51. The normalized spacial score (nSPS) is 17.2. The summed E-state index contributed by atoms with van der Waals surface area (Å²) in [4.78, 5) is 12.5. The second kappa shape index (κ2) is 3.42. The first kappa shape index (κ1) is 9.21. The van der Waals surface area contributed by atoms with Gasteiger partial charge in [-0.15, -0.1) is 0 Å². The highest BCUT2D eigenvalue weighted by atomic mass is 15.3. The molecule has 0 amide bonds. The van der Waals surface area contributed by atoms with Crippen LogP contribution in [0.4, 0.5) is 11.6 Å². The molecule has 1 aliphatic rings. The van der Waals surface area contributed by atoms with Gasteiger partial charge in [-0.1, -0.05) is 0 Å². The molecule has 1 aromatic heterocycles. The van der Waals surface area contributed by atoms with Gasteiger partial charge in [0.2, 0.25) is 0 Å². The Morgan fingerprint density at radius 3 is 2.71 bits per heavy atom. The van der Waals surface area contributed by atoms with Crippen LogP contribution in [0.25, 0.3) is 0 Å². The van der Waals surface area contributed by atoms with Crippen LogP contribution in [0.5, 0.6) is 0 Å². The number of nitrogens with zero attached hydrogens (tertiary/aromatic N) is 4. The summed E-state index contributed by atoms with van der Waals surface area (Å²) in [6, 6.07) is 2.44. The topological polar surface area (TPSA) is 58.3 Å². The lowest BCUT2D eigenvalue weighted by Gasteiger charge is -2.43. The fourth-order valence-corrected chi connectivity index (χ4v) is 1.50. The van der Waals surface area contributed by atoms with Crippen LogP contribution in [-0.4, -0.2) is 48.1 Å². The molecule has 0 saturated carbocycles. The molecule has 0 atom stereocenters. The monoisotopic (exact) mass is 193 g/mol. The molecular formula is C9H15N5. The number of rotatable bonds is 2. The van der Waals surface area contributed by atoms with Crippen LogP contribution in [-0.2, 0) is 0 Å². The summed E-state index contributed by atoms with van der Waals surface area (Å²) in [5.74, 6) is 1.46. The van der Waals surface area contributed by atoms with Crippen molar-refractivity contribution < 1.29 is 0 Å². The number of likely N-dealkylation sites (N-methyl/N-ethyl adjacent to an activating group) is 1. The van der Waals surface area contributed by atoms with Crippen molar-refractivity contribution in [1.29, 1.82) is 0 Å². The lowest BCUT2D eigenvalue weighted by molar-refractivity contribution is 0.246. The Balaban J connectivity index is 2.00. The molecule has 1 fully saturated rings. The van der Waals surface area contributed by atoms with E-state index in [-0.39, 0.29) is 0 Å². The molecule has 76 valence electrons. The summed E-state index contributed by atoms with van der Waals surface area (Å²) < 4.78 is 0. The molecule has 0 spiro atoms. The minimum Gasteiger partial charge on any atom is -0.384 e. The lowest BCUT2D eigenvalue weighted by Crippen LogP contribution is -2.57. The first-order chi connectivity index (χ1) is 6.66. The maximum atomic E-state index is 5.58. The van der Waals surface area contributed by atoms with Crippen molar-refractivity contribution in [2.45, 2.75) is 6.04 Å². The molecule has 5 heteroatoms. The van der Waals surface area contributed by atoms with E-state index in [1.54, 1.807) is 0 Å². The predicted molar refractivity (Wildman–Crippen MR) is 56.1 cm³/mol. The molecule has 2 N–H and O–H groups in total. The van der Waals surface area contributed by atoms with Crippen LogP contribution < -0.4 is 10.6 Å². The van der Waals surface area contributed by atoms with Crippen LogP contribution in [0.3, 0.4) is 0 Å². The summed E-state index contributed by atoms with van der Waals surface area (Å²) in [5, 5.41) is 0. The zero-order chi connectivity index (χ0) is 10.1. The molecule has 1 aliphatic heterocycles. The van der Waals surface area contributed by atoms with Crippen LogP contribution in [0.15, 0.2) is 12.4 Å².